The lowest BCUT2D eigenvalue weighted by molar-refractivity contribution is -0.385. The van der Waals surface area contributed by atoms with Crippen LogP contribution in [0.5, 0.6) is 0 Å². The molecule has 0 atom stereocenters. The Balaban J connectivity index is 1.87. The van der Waals surface area contributed by atoms with E-state index >= 15 is 0 Å². The zero-order valence-electron chi connectivity index (χ0n) is 15.4. The molecule has 1 aliphatic rings. The third-order valence-electron chi connectivity index (χ3n) is 4.62. The number of rotatable bonds is 5. The fraction of sp³-hybridized carbons (Fsp3) is 0. The number of carbonyl (C=O) groups is 1. The van der Waals surface area contributed by atoms with Crippen LogP contribution in [0, 0.1) is 20.2 Å². The molecule has 0 aliphatic carbocycles. The second-order valence-electron chi connectivity index (χ2n) is 6.49. The summed E-state index contributed by atoms with van der Waals surface area (Å²) in [4.78, 5) is 33.9. The van der Waals surface area contributed by atoms with Gasteiger partial charge in [0.1, 0.15) is 0 Å². The molecule has 9 nitrogen and oxygen atoms in total. The number of anilines is 2. The van der Waals surface area contributed by atoms with Crippen molar-refractivity contribution < 1.29 is 14.6 Å². The third kappa shape index (κ3) is 3.47. The Morgan fingerprint density at radius 1 is 0.833 bits per heavy atom. The molecule has 3 aromatic rings. The number of fused-ring (bicyclic) bond motifs is 1. The van der Waals surface area contributed by atoms with Gasteiger partial charge in [-0.25, -0.2) is 0 Å². The van der Waals surface area contributed by atoms with Crippen LogP contribution in [0.15, 0.2) is 72.8 Å². The van der Waals surface area contributed by atoms with Crippen molar-refractivity contribution in [2.24, 2.45) is 0 Å². The lowest BCUT2D eigenvalue weighted by atomic mass is 9.99. The lowest BCUT2D eigenvalue weighted by Gasteiger charge is -2.14. The summed E-state index contributed by atoms with van der Waals surface area (Å²) in [6.45, 7) is 0. The van der Waals surface area contributed by atoms with Crippen molar-refractivity contribution in [2.75, 3.05) is 10.6 Å². The van der Waals surface area contributed by atoms with E-state index in [0.717, 1.165) is 0 Å². The molecule has 30 heavy (non-hydrogen) atoms. The summed E-state index contributed by atoms with van der Waals surface area (Å²) in [5.41, 5.74) is 2.57. The van der Waals surface area contributed by atoms with E-state index < -0.39 is 15.8 Å². The van der Waals surface area contributed by atoms with Gasteiger partial charge in [-0.15, -0.1) is 0 Å². The monoisotopic (exact) mass is 402 g/mol. The van der Waals surface area contributed by atoms with E-state index in [0.29, 0.717) is 28.2 Å². The van der Waals surface area contributed by atoms with Crippen molar-refractivity contribution in [1.29, 1.82) is 0 Å². The number of non-ortho nitro benzene ring substituents is 2. The highest BCUT2D eigenvalue weighted by molar-refractivity contribution is 6.37. The maximum Gasteiger partial charge on any atom is 0.270 e. The van der Waals surface area contributed by atoms with Gasteiger partial charge in [-0.3, -0.25) is 25.0 Å². The maximum atomic E-state index is 12.8. The molecule has 1 aliphatic heterocycles. The van der Waals surface area contributed by atoms with Crippen LogP contribution in [0.2, 0.25) is 0 Å². The van der Waals surface area contributed by atoms with Crippen LogP contribution >= 0.6 is 0 Å². The minimum absolute atomic E-state index is 0.0611. The van der Waals surface area contributed by atoms with E-state index in [9.17, 15) is 25.0 Å². The molecular formula is C21H14N4O5. The highest BCUT2D eigenvalue weighted by atomic mass is 16.6. The maximum absolute atomic E-state index is 12.8. The van der Waals surface area contributed by atoms with E-state index in [2.05, 4.69) is 10.6 Å². The molecule has 0 aromatic heterocycles. The van der Waals surface area contributed by atoms with Crippen molar-refractivity contribution in [3.63, 3.8) is 0 Å². The first-order valence-corrected chi connectivity index (χ1v) is 8.85. The second-order valence-corrected chi connectivity index (χ2v) is 6.49. The largest absolute Gasteiger partial charge is 0.354 e. The van der Waals surface area contributed by atoms with Gasteiger partial charge in [0.15, 0.2) is 0 Å². The Morgan fingerprint density at radius 2 is 1.47 bits per heavy atom. The Kier molecular flexibility index (Phi) is 4.69. The van der Waals surface area contributed by atoms with Crippen LogP contribution in [-0.2, 0) is 4.79 Å². The highest BCUT2D eigenvalue weighted by Crippen LogP contribution is 2.39. The molecule has 1 amide bonds. The minimum Gasteiger partial charge on any atom is -0.354 e. The number of nitro benzene ring substituents is 2. The van der Waals surface area contributed by atoms with Crippen LogP contribution in [-0.4, -0.2) is 15.8 Å². The standard InChI is InChI=1S/C21H14N4O5/c26-21-19(17-12-16(25(29)30)10-11-18(17)23-21)20(13-4-2-1-3-5-13)22-14-6-8-15(9-7-14)24(27)28/h1-12,22H,(H,23,26). The molecule has 9 heteroatoms. The van der Waals surface area contributed by atoms with Crippen LogP contribution in [0.1, 0.15) is 11.1 Å². The van der Waals surface area contributed by atoms with E-state index in [1.165, 1.54) is 42.5 Å². The van der Waals surface area contributed by atoms with Crippen LogP contribution in [0.25, 0.3) is 11.3 Å². The number of hydrogen-bond donors (Lipinski definition) is 2. The summed E-state index contributed by atoms with van der Waals surface area (Å²) in [5.74, 6) is -0.404. The quantitative estimate of drug-likeness (QED) is 0.369. The van der Waals surface area contributed by atoms with E-state index in [1.54, 1.807) is 24.3 Å². The molecule has 0 radical (unpaired) electrons. The van der Waals surface area contributed by atoms with Gasteiger partial charge in [-0.05, 0) is 23.8 Å². The van der Waals surface area contributed by atoms with Gasteiger partial charge >= 0.3 is 0 Å². The smallest absolute Gasteiger partial charge is 0.270 e. The lowest BCUT2D eigenvalue weighted by Crippen LogP contribution is -2.10. The van der Waals surface area contributed by atoms with Crippen LogP contribution in [0.4, 0.5) is 22.7 Å². The van der Waals surface area contributed by atoms with Crippen molar-refractivity contribution >= 4 is 39.9 Å². The van der Waals surface area contributed by atoms with Crippen molar-refractivity contribution in [3.8, 4) is 0 Å². The number of nitrogens with zero attached hydrogens (tertiary/aromatic N) is 2. The van der Waals surface area contributed by atoms with Gasteiger partial charge in [-0.2, -0.15) is 0 Å². The molecule has 148 valence electrons. The number of nitro groups is 2. The minimum atomic E-state index is -0.521. The van der Waals surface area contributed by atoms with Crippen molar-refractivity contribution in [2.45, 2.75) is 0 Å². The van der Waals surface area contributed by atoms with Gasteiger partial charge in [0.05, 0.1) is 21.1 Å². The first-order valence-electron chi connectivity index (χ1n) is 8.85. The summed E-state index contributed by atoms with van der Waals surface area (Å²) in [7, 11) is 0. The molecule has 4 rings (SSSR count). The zero-order chi connectivity index (χ0) is 21.3. The van der Waals surface area contributed by atoms with Gasteiger partial charge < -0.3 is 10.6 Å². The topological polar surface area (TPSA) is 127 Å². The predicted molar refractivity (Wildman–Crippen MR) is 112 cm³/mol. The Labute approximate surface area is 170 Å². The first-order chi connectivity index (χ1) is 14.4. The number of hydrogen-bond acceptors (Lipinski definition) is 6. The number of carbonyl (C=O) groups excluding carboxylic acids is 1. The molecule has 0 spiro atoms. The highest BCUT2D eigenvalue weighted by Gasteiger charge is 2.30. The molecule has 0 saturated heterocycles. The zero-order valence-corrected chi connectivity index (χ0v) is 15.4. The van der Waals surface area contributed by atoms with Crippen LogP contribution < -0.4 is 10.6 Å². The average Bonchev–Trinajstić information content (AvgIpc) is 3.07. The molecule has 0 unspecified atom stereocenters. The number of amides is 1. The molecular weight excluding hydrogens is 388 g/mol. The van der Waals surface area contributed by atoms with E-state index in [-0.39, 0.29) is 16.9 Å². The van der Waals surface area contributed by atoms with E-state index in [1.807, 2.05) is 6.07 Å². The molecule has 3 aromatic carbocycles. The summed E-state index contributed by atoms with van der Waals surface area (Å²) in [6, 6.07) is 18.9. The van der Waals surface area contributed by atoms with Gasteiger partial charge in [0.25, 0.3) is 17.3 Å². The predicted octanol–water partition coefficient (Wildman–Crippen LogP) is 4.44. The average molecular weight is 402 g/mol. The summed E-state index contributed by atoms with van der Waals surface area (Å²) in [5, 5.41) is 28.0. The summed E-state index contributed by atoms with van der Waals surface area (Å²) >= 11 is 0. The SMILES string of the molecule is O=C1Nc2ccc([N+](=O)[O-])cc2C1=C(Nc1ccc([N+](=O)[O-])cc1)c1ccccc1. The Bertz CT molecular complexity index is 1200. The third-order valence-corrected chi connectivity index (χ3v) is 4.62. The van der Waals surface area contributed by atoms with Crippen molar-refractivity contribution in [3.05, 3.63) is 104 Å². The van der Waals surface area contributed by atoms with E-state index in [4.69, 9.17) is 0 Å². The van der Waals surface area contributed by atoms with Gasteiger partial charge in [0.2, 0.25) is 0 Å². The van der Waals surface area contributed by atoms with Crippen LogP contribution in [0.3, 0.4) is 0 Å². The second kappa shape index (κ2) is 7.47. The summed E-state index contributed by atoms with van der Waals surface area (Å²) in [6.07, 6.45) is 0. The molecule has 2 N–H and O–H groups in total. The molecule has 1 heterocycles. The Morgan fingerprint density at radius 3 is 2.10 bits per heavy atom. The molecule has 0 fully saturated rings. The summed E-state index contributed by atoms with van der Waals surface area (Å²) < 4.78 is 0. The Hall–Kier alpha value is -4.53. The van der Waals surface area contributed by atoms with Crippen molar-refractivity contribution in [1.82, 2.24) is 0 Å². The number of benzene rings is 3. The fourth-order valence-electron chi connectivity index (χ4n) is 3.21. The normalized spacial score (nSPS) is 13.9. The fourth-order valence-corrected chi connectivity index (χ4v) is 3.21. The van der Waals surface area contributed by atoms with Gasteiger partial charge in [-0.1, -0.05) is 30.3 Å². The molecule has 0 saturated carbocycles. The number of nitrogens with one attached hydrogen (secondary N) is 2. The van der Waals surface area contributed by atoms with Gasteiger partial charge in [0, 0.05) is 41.2 Å². The molecule has 0 bridgehead atoms. The first kappa shape index (κ1) is 18.8.